The predicted octanol–water partition coefficient (Wildman–Crippen LogP) is 14.9. The Morgan fingerprint density at radius 1 is 0.516 bits per heavy atom. The number of benzene rings is 4. The van der Waals surface area contributed by atoms with Crippen molar-refractivity contribution >= 4 is 118 Å². The summed E-state index contributed by atoms with van der Waals surface area (Å²) in [6.45, 7) is 9.42. The van der Waals surface area contributed by atoms with E-state index >= 15 is 0 Å². The van der Waals surface area contributed by atoms with Crippen molar-refractivity contribution < 1.29 is 108 Å². The fourth-order valence-corrected chi connectivity index (χ4v) is 12.6. The van der Waals surface area contributed by atoms with Crippen LogP contribution in [0.25, 0.3) is 44.6 Å². The molecule has 0 aliphatic heterocycles. The van der Waals surface area contributed by atoms with Crippen molar-refractivity contribution in [2.75, 3.05) is 9.44 Å². The molecule has 8 rings (SSSR count). The van der Waals surface area contributed by atoms with Crippen molar-refractivity contribution in [1.29, 1.82) is 0 Å². The number of sulfonamides is 2. The Labute approximate surface area is 528 Å². The van der Waals surface area contributed by atoms with Crippen LogP contribution in [0, 0.1) is 0 Å². The van der Waals surface area contributed by atoms with Gasteiger partial charge in [0, 0.05) is 59.0 Å². The molecule has 37 heteroatoms. The van der Waals surface area contributed by atoms with Gasteiger partial charge < -0.3 is 8.83 Å². The summed E-state index contributed by atoms with van der Waals surface area (Å²) in [5.41, 5.74) is -16.6. The van der Waals surface area contributed by atoms with Gasteiger partial charge in [0.25, 0.3) is 0 Å². The van der Waals surface area contributed by atoms with E-state index in [4.69, 9.17) is 8.83 Å². The lowest BCUT2D eigenvalue weighted by atomic mass is 10.0. The van der Waals surface area contributed by atoms with E-state index in [1.807, 2.05) is 41.7 Å². The molecule has 0 saturated carbocycles. The van der Waals surface area contributed by atoms with Gasteiger partial charge in [-0.15, -0.1) is 3.63 Å². The van der Waals surface area contributed by atoms with Crippen molar-refractivity contribution in [3.05, 3.63) is 139 Å². The molecule has 4 aromatic heterocycles. The lowest BCUT2D eigenvalue weighted by Crippen LogP contribution is -2.34. The molecule has 4 aromatic carbocycles. The van der Waals surface area contributed by atoms with Crippen LogP contribution in [-0.2, 0) is 82.7 Å². The van der Waals surface area contributed by atoms with Gasteiger partial charge in [0.05, 0.1) is 31.7 Å². The van der Waals surface area contributed by atoms with Gasteiger partial charge in [-0.3, -0.25) is 28.4 Å². The van der Waals surface area contributed by atoms with Gasteiger partial charge in [-0.25, -0.2) is 0 Å². The van der Waals surface area contributed by atoms with Crippen LogP contribution in [0.5, 0.6) is 0 Å². The van der Waals surface area contributed by atoms with Crippen LogP contribution in [0.15, 0.2) is 103 Å². The van der Waals surface area contributed by atoms with Crippen LogP contribution >= 0.6 is 31.9 Å². The number of carbonyl (C=O) groups is 2. The summed E-state index contributed by atoms with van der Waals surface area (Å²) in [5.74, 6) is 0.348. The molecule has 91 heavy (non-hydrogen) atoms. The number of alkyl halides is 12. The van der Waals surface area contributed by atoms with Crippen molar-refractivity contribution in [1.82, 2.24) is 19.6 Å². The van der Waals surface area contributed by atoms with Crippen LogP contribution < -0.4 is 9.44 Å². The average molecular weight is 1510 g/mol. The van der Waals surface area contributed by atoms with Gasteiger partial charge in [0.1, 0.15) is 22.6 Å². The zero-order valence-corrected chi connectivity index (χ0v) is 53.8. The van der Waals surface area contributed by atoms with Gasteiger partial charge in [0.15, 0.2) is 24.1 Å². The maximum Gasteiger partial charge on any atom is 0.524 e. The SMILES string of the molecule is CCCCn1nc(CC)c(Cc2ccc3oc(-c4ccccc4NS(=O)(=O)C(F)(F)F)c(Br)c3c2)c1C=O.CCCCn1nc(CC)c(Cc2ccc3oc(-c4ccccc4NS(=O)(=O)C(F)(F)F)c(Br)c3c2)c1C=O.O=S(=O)(OS(=O)(=O)C(F)(F)F)C(F)(F)F. The average Bonchev–Trinajstić information content (AvgIpc) is 1.75. The molecule has 0 atom stereocenters. The third-order valence-corrected chi connectivity index (χ3v) is 19.4. The number of nitrogens with one attached hydrogen (secondary N) is 2. The number of carbonyl (C=O) groups excluding carboxylic acids is 2. The monoisotopic (exact) mass is 1500 g/mol. The molecule has 0 aliphatic rings. The number of nitrogens with zero attached hydrogens (tertiary/aromatic N) is 4. The number of hydrogen-bond donors (Lipinski definition) is 2. The zero-order valence-electron chi connectivity index (χ0n) is 47.3. The second kappa shape index (κ2) is 28.6. The molecule has 4 heterocycles. The van der Waals surface area contributed by atoms with Crippen molar-refractivity contribution in [3.63, 3.8) is 0 Å². The summed E-state index contributed by atoms with van der Waals surface area (Å²) >= 11 is 6.97. The van der Waals surface area contributed by atoms with E-state index in [1.165, 1.54) is 36.4 Å². The van der Waals surface area contributed by atoms with E-state index in [0.717, 1.165) is 71.9 Å². The fraction of sp³-hybridized carbons (Fsp3) is 0.333. The van der Waals surface area contributed by atoms with Gasteiger partial charge in [-0.1, -0.05) is 76.9 Å². The second-order valence-corrected chi connectivity index (χ2v) is 27.5. The Balaban J connectivity index is 0.000000237. The number of aryl methyl sites for hydroxylation is 4. The number of para-hydroxylation sites is 2. The van der Waals surface area contributed by atoms with E-state index in [0.29, 0.717) is 81.0 Å². The first-order valence-electron chi connectivity index (χ1n) is 26.4. The van der Waals surface area contributed by atoms with Gasteiger partial charge >= 0.3 is 62.3 Å². The quantitative estimate of drug-likeness (QED) is 0.0363. The zero-order chi connectivity index (χ0) is 68.0. The largest absolute Gasteiger partial charge is 0.524 e. The fourth-order valence-electron chi connectivity index (χ4n) is 8.65. The van der Waals surface area contributed by atoms with Crippen LogP contribution in [0.4, 0.5) is 64.1 Å². The standard InChI is InChI=1S/2C26H25BrF3N3O4S.C2F6O5S2/c2*1-3-5-12-33-22(15-34)18(20(4-2)31-33)13-16-10-11-23-19(14-16)24(27)25(37-23)17-8-6-7-9-21(17)32-38(35,36)26(28,29)30;3-1(4,5)14(9,10)13-15(11,12)2(6,7)8/h2*6-11,14-15,32H,3-5,12-13H2,1-2H3;. The number of aldehydes is 2. The first-order valence-corrected chi connectivity index (χ1v) is 33.8. The molecule has 2 N–H and O–H groups in total. The number of hydrogen-bond acceptors (Lipinski definition) is 15. The molecule has 0 saturated heterocycles. The second-order valence-electron chi connectivity index (χ2n) is 19.3. The Hall–Kier alpha value is -6.80. The summed E-state index contributed by atoms with van der Waals surface area (Å²) in [6, 6.07) is 22.2. The Morgan fingerprint density at radius 3 is 1.15 bits per heavy atom. The highest BCUT2D eigenvalue weighted by Gasteiger charge is 2.57. The number of aromatic nitrogens is 4. The smallest absolute Gasteiger partial charge is 0.455 e. The minimum absolute atomic E-state index is 0.138. The maximum atomic E-state index is 13.0. The van der Waals surface area contributed by atoms with E-state index < -0.39 is 62.3 Å². The van der Waals surface area contributed by atoms with Crippen LogP contribution in [0.2, 0.25) is 0 Å². The molecule has 0 aliphatic carbocycles. The summed E-state index contributed by atoms with van der Waals surface area (Å²) in [7, 11) is -24.9. The molecule has 0 fully saturated rings. The molecule has 19 nitrogen and oxygen atoms in total. The number of unbranched alkanes of at least 4 members (excludes halogenated alkanes) is 2. The van der Waals surface area contributed by atoms with Crippen molar-refractivity contribution in [3.8, 4) is 22.6 Å². The summed E-state index contributed by atoms with van der Waals surface area (Å²) in [5, 5.41) is 10.6. The van der Waals surface area contributed by atoms with Gasteiger partial charge in [-0.05, 0) is 117 Å². The molecule has 0 spiro atoms. The summed E-state index contributed by atoms with van der Waals surface area (Å²) in [4.78, 5) is 23.9. The van der Waals surface area contributed by atoms with E-state index in [-0.39, 0.29) is 34.0 Å². The first kappa shape index (κ1) is 73.3. The minimum atomic E-state index is -6.85. The van der Waals surface area contributed by atoms with Crippen LogP contribution in [0.1, 0.15) is 108 Å². The highest BCUT2D eigenvalue weighted by Crippen LogP contribution is 2.44. The highest BCUT2D eigenvalue weighted by atomic mass is 79.9. The molecule has 496 valence electrons. The lowest BCUT2D eigenvalue weighted by molar-refractivity contribution is -0.0586. The van der Waals surface area contributed by atoms with E-state index in [2.05, 4.69) is 55.9 Å². The normalized spacial score (nSPS) is 12.8. The first-order chi connectivity index (χ1) is 42.2. The lowest BCUT2D eigenvalue weighted by Gasteiger charge is -2.13. The third-order valence-electron chi connectivity index (χ3n) is 13.0. The number of rotatable bonds is 22. The minimum Gasteiger partial charge on any atom is -0.455 e. The Morgan fingerprint density at radius 2 is 0.857 bits per heavy atom. The molecule has 0 unspecified atom stereocenters. The van der Waals surface area contributed by atoms with E-state index in [1.54, 1.807) is 43.1 Å². The predicted molar refractivity (Wildman–Crippen MR) is 316 cm³/mol. The van der Waals surface area contributed by atoms with Crippen LogP contribution in [-0.4, -0.2) is 87.8 Å². The van der Waals surface area contributed by atoms with Crippen molar-refractivity contribution in [2.24, 2.45) is 0 Å². The van der Waals surface area contributed by atoms with Gasteiger partial charge in [0.2, 0.25) is 0 Å². The molecular weight excluding hydrogens is 1460 g/mol. The van der Waals surface area contributed by atoms with Crippen molar-refractivity contribution in [2.45, 2.75) is 114 Å². The molecular formula is C54H50Br2F12N6O13S4. The highest BCUT2D eigenvalue weighted by molar-refractivity contribution is 9.11. The molecule has 8 aromatic rings. The maximum absolute atomic E-state index is 13.0. The Bertz CT molecular complexity index is 4170. The number of anilines is 2. The number of fused-ring (bicyclic) bond motifs is 2. The number of halogens is 14. The molecule has 0 amide bonds. The van der Waals surface area contributed by atoms with Gasteiger partial charge in [-0.2, -0.15) is 96.6 Å². The number of furan rings is 2. The summed E-state index contributed by atoms with van der Waals surface area (Å²) < 4.78 is 254. The molecule has 0 radical (unpaired) electrons. The topological polar surface area (TPSA) is 266 Å². The van der Waals surface area contributed by atoms with Crippen LogP contribution in [0.3, 0.4) is 0 Å². The summed E-state index contributed by atoms with van der Waals surface area (Å²) in [6.07, 6.45) is 7.67. The van der Waals surface area contributed by atoms with E-state index in [9.17, 15) is 95.9 Å². The Kier molecular flexibility index (Phi) is 23.0. The molecule has 0 bridgehead atoms. The third kappa shape index (κ3) is 16.7.